The fourth-order valence-corrected chi connectivity index (χ4v) is 3.22. The van der Waals surface area contributed by atoms with Crippen molar-refractivity contribution in [2.45, 2.75) is 13.2 Å². The Morgan fingerprint density at radius 1 is 1.03 bits per heavy atom. The van der Waals surface area contributed by atoms with E-state index in [1.165, 1.54) is 17.0 Å². The van der Waals surface area contributed by atoms with Gasteiger partial charge in [-0.2, -0.15) is 0 Å². The van der Waals surface area contributed by atoms with Gasteiger partial charge in [0.2, 0.25) is 0 Å². The van der Waals surface area contributed by atoms with E-state index in [0.717, 1.165) is 5.56 Å². The number of benzene rings is 3. The second-order valence-electron chi connectivity index (χ2n) is 7.10. The van der Waals surface area contributed by atoms with Crippen molar-refractivity contribution in [3.8, 4) is 5.75 Å². The van der Waals surface area contributed by atoms with E-state index in [0.29, 0.717) is 28.0 Å². The fraction of sp³-hybridized carbons (Fsp3) is 0.125. The SMILES string of the molecule is CN(Cc1nc2ccccc2c(=O)[nH]1)C(=O)c1ccccc1OCc1ccc(F)cc1. The number of hydrogen-bond acceptors (Lipinski definition) is 4. The molecule has 0 atom stereocenters. The summed E-state index contributed by atoms with van der Waals surface area (Å²) < 4.78 is 18.9. The number of H-pyrrole nitrogens is 1. The van der Waals surface area contributed by atoms with Gasteiger partial charge in [0.1, 0.15) is 24.0 Å². The Labute approximate surface area is 177 Å². The van der Waals surface area contributed by atoms with E-state index in [9.17, 15) is 14.0 Å². The van der Waals surface area contributed by atoms with Crippen LogP contribution in [0.15, 0.2) is 77.6 Å². The lowest BCUT2D eigenvalue weighted by Crippen LogP contribution is -2.28. The first kappa shape index (κ1) is 20.3. The van der Waals surface area contributed by atoms with Gasteiger partial charge in [-0.05, 0) is 42.0 Å². The van der Waals surface area contributed by atoms with Crippen LogP contribution in [-0.4, -0.2) is 27.8 Å². The Balaban J connectivity index is 1.51. The quantitative estimate of drug-likeness (QED) is 0.516. The van der Waals surface area contributed by atoms with Crippen LogP contribution >= 0.6 is 0 Å². The fourth-order valence-electron chi connectivity index (χ4n) is 3.22. The highest BCUT2D eigenvalue weighted by molar-refractivity contribution is 5.96. The Morgan fingerprint density at radius 2 is 1.74 bits per heavy atom. The van der Waals surface area contributed by atoms with Crippen molar-refractivity contribution in [1.82, 2.24) is 14.9 Å². The maximum atomic E-state index is 13.1. The molecule has 0 aliphatic heterocycles. The van der Waals surface area contributed by atoms with E-state index in [1.54, 1.807) is 61.6 Å². The van der Waals surface area contributed by atoms with Crippen LogP contribution in [-0.2, 0) is 13.2 Å². The number of aromatic amines is 1. The topological polar surface area (TPSA) is 75.3 Å². The number of para-hydroxylation sites is 2. The van der Waals surface area contributed by atoms with Gasteiger partial charge in [0.05, 0.1) is 23.0 Å². The molecule has 0 bridgehead atoms. The molecule has 1 amide bonds. The van der Waals surface area contributed by atoms with E-state index in [2.05, 4.69) is 9.97 Å². The average molecular weight is 417 g/mol. The number of fused-ring (bicyclic) bond motifs is 1. The summed E-state index contributed by atoms with van der Waals surface area (Å²) in [5.74, 6) is 0.222. The number of carbonyl (C=O) groups excluding carboxylic acids is 1. The number of halogens is 1. The second-order valence-corrected chi connectivity index (χ2v) is 7.10. The molecule has 1 heterocycles. The summed E-state index contributed by atoms with van der Waals surface area (Å²) in [7, 11) is 1.63. The Hall–Kier alpha value is -4.00. The third-order valence-electron chi connectivity index (χ3n) is 4.82. The number of amides is 1. The summed E-state index contributed by atoms with van der Waals surface area (Å²) >= 11 is 0. The normalized spacial score (nSPS) is 10.8. The lowest BCUT2D eigenvalue weighted by Gasteiger charge is -2.19. The molecule has 0 spiro atoms. The molecule has 0 aliphatic carbocycles. The molecular formula is C24H20FN3O3. The van der Waals surface area contributed by atoms with Crippen molar-refractivity contribution in [2.24, 2.45) is 0 Å². The van der Waals surface area contributed by atoms with Crippen LogP contribution in [0.3, 0.4) is 0 Å². The molecule has 31 heavy (non-hydrogen) atoms. The molecule has 0 saturated heterocycles. The molecule has 1 N–H and O–H groups in total. The van der Waals surface area contributed by atoms with Gasteiger partial charge in [0.15, 0.2) is 0 Å². The molecule has 0 unspecified atom stereocenters. The summed E-state index contributed by atoms with van der Waals surface area (Å²) in [4.78, 5) is 34.0. The van der Waals surface area contributed by atoms with Gasteiger partial charge in [0.25, 0.3) is 11.5 Å². The van der Waals surface area contributed by atoms with Crippen LogP contribution in [0.4, 0.5) is 4.39 Å². The first-order valence-corrected chi connectivity index (χ1v) is 9.71. The summed E-state index contributed by atoms with van der Waals surface area (Å²) in [6.07, 6.45) is 0. The van der Waals surface area contributed by atoms with E-state index in [-0.39, 0.29) is 30.4 Å². The van der Waals surface area contributed by atoms with Crippen molar-refractivity contribution in [3.05, 3.63) is 106 Å². The highest BCUT2D eigenvalue weighted by atomic mass is 19.1. The standard InChI is InChI=1S/C24H20FN3O3/c1-28(14-22-26-20-8-4-2-6-18(20)23(29)27-22)24(30)19-7-3-5-9-21(19)31-15-16-10-12-17(25)13-11-16/h2-13H,14-15H2,1H3,(H,26,27,29). The predicted octanol–water partition coefficient (Wildman–Crippen LogP) is 3.91. The molecule has 6 nitrogen and oxygen atoms in total. The first-order valence-electron chi connectivity index (χ1n) is 9.71. The molecule has 0 radical (unpaired) electrons. The van der Waals surface area contributed by atoms with Crippen LogP contribution in [0.2, 0.25) is 0 Å². The zero-order chi connectivity index (χ0) is 21.8. The molecule has 0 fully saturated rings. The van der Waals surface area contributed by atoms with Crippen LogP contribution < -0.4 is 10.3 Å². The third-order valence-corrected chi connectivity index (χ3v) is 4.82. The number of carbonyl (C=O) groups is 1. The molecule has 0 aliphatic rings. The first-order chi connectivity index (χ1) is 15.0. The Bertz CT molecular complexity index is 1290. The summed E-state index contributed by atoms with van der Waals surface area (Å²) in [6.45, 7) is 0.332. The van der Waals surface area contributed by atoms with Crippen LogP contribution in [0.25, 0.3) is 10.9 Å². The van der Waals surface area contributed by atoms with Gasteiger partial charge in [0, 0.05) is 7.05 Å². The maximum absolute atomic E-state index is 13.1. The van der Waals surface area contributed by atoms with Crippen molar-refractivity contribution in [3.63, 3.8) is 0 Å². The van der Waals surface area contributed by atoms with Gasteiger partial charge >= 0.3 is 0 Å². The predicted molar refractivity (Wildman–Crippen MR) is 115 cm³/mol. The molecule has 1 aromatic heterocycles. The number of rotatable bonds is 6. The van der Waals surface area contributed by atoms with E-state index in [4.69, 9.17) is 4.74 Å². The summed E-state index contributed by atoms with van der Waals surface area (Å²) in [5, 5.41) is 0.500. The number of nitrogens with zero attached hydrogens (tertiary/aromatic N) is 2. The van der Waals surface area contributed by atoms with E-state index < -0.39 is 0 Å². The molecular weight excluding hydrogens is 397 g/mol. The molecule has 0 saturated carbocycles. The number of hydrogen-bond donors (Lipinski definition) is 1. The average Bonchev–Trinajstić information content (AvgIpc) is 2.78. The zero-order valence-electron chi connectivity index (χ0n) is 16.8. The highest BCUT2D eigenvalue weighted by Crippen LogP contribution is 2.21. The zero-order valence-corrected chi connectivity index (χ0v) is 16.8. The Kier molecular flexibility index (Phi) is 5.75. The van der Waals surface area contributed by atoms with Gasteiger partial charge in [-0.1, -0.05) is 36.4 Å². The number of nitrogens with one attached hydrogen (secondary N) is 1. The molecule has 4 rings (SSSR count). The molecule has 4 aromatic rings. The van der Waals surface area contributed by atoms with Crippen LogP contribution in [0, 0.1) is 5.82 Å². The van der Waals surface area contributed by atoms with Gasteiger partial charge in [-0.15, -0.1) is 0 Å². The maximum Gasteiger partial charge on any atom is 0.258 e. The summed E-state index contributed by atoms with van der Waals surface area (Å²) in [6, 6.07) is 19.9. The lowest BCUT2D eigenvalue weighted by atomic mass is 10.1. The summed E-state index contributed by atoms with van der Waals surface area (Å²) in [5.41, 5.74) is 1.50. The van der Waals surface area contributed by atoms with E-state index >= 15 is 0 Å². The van der Waals surface area contributed by atoms with Crippen molar-refractivity contribution in [1.29, 1.82) is 0 Å². The van der Waals surface area contributed by atoms with Gasteiger partial charge in [-0.25, -0.2) is 9.37 Å². The van der Waals surface area contributed by atoms with Crippen molar-refractivity contribution in [2.75, 3.05) is 7.05 Å². The largest absolute Gasteiger partial charge is 0.488 e. The van der Waals surface area contributed by atoms with E-state index in [1.807, 2.05) is 6.07 Å². The minimum atomic E-state index is -0.318. The second kappa shape index (κ2) is 8.79. The molecule has 156 valence electrons. The Morgan fingerprint density at radius 3 is 2.55 bits per heavy atom. The van der Waals surface area contributed by atoms with Gasteiger partial charge in [-0.3, -0.25) is 9.59 Å². The highest BCUT2D eigenvalue weighted by Gasteiger charge is 2.18. The third kappa shape index (κ3) is 4.61. The smallest absolute Gasteiger partial charge is 0.258 e. The molecule has 7 heteroatoms. The minimum Gasteiger partial charge on any atom is -0.488 e. The van der Waals surface area contributed by atoms with Crippen LogP contribution in [0.1, 0.15) is 21.7 Å². The minimum absolute atomic E-state index is 0.130. The van der Waals surface area contributed by atoms with Crippen molar-refractivity contribution >= 4 is 16.8 Å². The molecule has 3 aromatic carbocycles. The van der Waals surface area contributed by atoms with Crippen molar-refractivity contribution < 1.29 is 13.9 Å². The monoisotopic (exact) mass is 417 g/mol. The number of ether oxygens (including phenoxy) is 1. The van der Waals surface area contributed by atoms with Gasteiger partial charge < -0.3 is 14.6 Å². The van der Waals surface area contributed by atoms with Crippen LogP contribution in [0.5, 0.6) is 5.75 Å². The number of aromatic nitrogens is 2. The lowest BCUT2D eigenvalue weighted by molar-refractivity contribution is 0.0776.